The fourth-order valence-electron chi connectivity index (χ4n) is 1.44. The Morgan fingerprint density at radius 3 is 2.39 bits per heavy atom. The minimum absolute atomic E-state index is 0.0853. The van der Waals surface area contributed by atoms with Crippen molar-refractivity contribution in [1.82, 2.24) is 10.6 Å². The van der Waals surface area contributed by atoms with Crippen LogP contribution in [0, 0.1) is 5.92 Å². The predicted molar refractivity (Wildman–Crippen MR) is 71.4 cm³/mol. The first-order chi connectivity index (χ1) is 8.52. The number of hydrogen-bond acceptors (Lipinski definition) is 3. The van der Waals surface area contributed by atoms with Gasteiger partial charge in [0.25, 0.3) is 0 Å². The second kappa shape index (κ2) is 11.0. The van der Waals surface area contributed by atoms with E-state index in [2.05, 4.69) is 24.5 Å². The van der Waals surface area contributed by atoms with Crippen LogP contribution in [0.4, 0.5) is 0 Å². The summed E-state index contributed by atoms with van der Waals surface area (Å²) < 4.78 is 0. The van der Waals surface area contributed by atoms with Gasteiger partial charge >= 0.3 is 5.97 Å². The van der Waals surface area contributed by atoms with Gasteiger partial charge in [-0.2, -0.15) is 0 Å². The van der Waals surface area contributed by atoms with Gasteiger partial charge in [0.05, 0.1) is 0 Å². The maximum absolute atomic E-state index is 11.3. The third-order valence-corrected chi connectivity index (χ3v) is 2.48. The van der Waals surface area contributed by atoms with Crippen LogP contribution >= 0.6 is 0 Å². The van der Waals surface area contributed by atoms with Crippen molar-refractivity contribution in [2.45, 2.75) is 46.0 Å². The Kier molecular flexibility index (Phi) is 10.3. The average Bonchev–Trinajstić information content (AvgIpc) is 2.29. The number of carbonyl (C=O) groups excluding carboxylic acids is 1. The predicted octanol–water partition coefficient (Wildman–Crippen LogP) is 1.38. The van der Waals surface area contributed by atoms with E-state index in [1.807, 2.05) is 0 Å². The number of unbranched alkanes of at least 4 members (excludes halogenated alkanes) is 2. The fraction of sp³-hybridized carbons (Fsp3) is 0.846. The first-order valence-corrected chi connectivity index (χ1v) is 6.71. The molecule has 0 radical (unpaired) electrons. The minimum Gasteiger partial charge on any atom is -0.481 e. The van der Waals surface area contributed by atoms with Crippen LogP contribution in [0.15, 0.2) is 0 Å². The summed E-state index contributed by atoms with van der Waals surface area (Å²) in [6.07, 6.45) is 3.35. The number of amides is 1. The Balaban J connectivity index is 3.20. The van der Waals surface area contributed by atoms with Gasteiger partial charge in [0, 0.05) is 25.9 Å². The zero-order valence-corrected chi connectivity index (χ0v) is 11.5. The lowest BCUT2D eigenvalue weighted by atomic mass is 10.2. The molecule has 5 heteroatoms. The molecule has 0 saturated heterocycles. The van der Waals surface area contributed by atoms with Crippen molar-refractivity contribution in [3.8, 4) is 0 Å². The standard InChI is InChI=1S/C13H26N2O3/c1-11(2)10-15-12(16)7-9-14-8-5-3-4-6-13(17)18/h11,14H,3-10H2,1-2H3,(H,15,16)(H,17,18). The lowest BCUT2D eigenvalue weighted by molar-refractivity contribution is -0.137. The molecule has 0 aromatic carbocycles. The summed E-state index contributed by atoms with van der Waals surface area (Å²) in [5.74, 6) is -0.164. The number of rotatable bonds is 11. The molecule has 106 valence electrons. The SMILES string of the molecule is CC(C)CNC(=O)CCNCCCCCC(=O)O. The van der Waals surface area contributed by atoms with E-state index in [0.29, 0.717) is 18.9 Å². The fourth-order valence-corrected chi connectivity index (χ4v) is 1.44. The molecular formula is C13H26N2O3. The molecule has 0 atom stereocenters. The smallest absolute Gasteiger partial charge is 0.303 e. The molecule has 0 saturated carbocycles. The number of carboxylic acid groups (broad SMARTS) is 1. The summed E-state index contributed by atoms with van der Waals surface area (Å²) in [4.78, 5) is 21.6. The number of carbonyl (C=O) groups is 2. The Bertz CT molecular complexity index is 242. The molecule has 0 bridgehead atoms. The molecule has 0 spiro atoms. The van der Waals surface area contributed by atoms with Crippen molar-refractivity contribution in [3.63, 3.8) is 0 Å². The molecule has 0 unspecified atom stereocenters. The highest BCUT2D eigenvalue weighted by molar-refractivity contribution is 5.76. The highest BCUT2D eigenvalue weighted by Crippen LogP contribution is 1.98. The van der Waals surface area contributed by atoms with Gasteiger partial charge in [0.15, 0.2) is 0 Å². The molecule has 0 aromatic heterocycles. The van der Waals surface area contributed by atoms with Crippen molar-refractivity contribution in [2.75, 3.05) is 19.6 Å². The molecule has 0 rings (SSSR count). The summed E-state index contributed by atoms with van der Waals surface area (Å²) in [5, 5.41) is 14.5. The van der Waals surface area contributed by atoms with Crippen molar-refractivity contribution in [2.24, 2.45) is 5.92 Å². The summed E-state index contributed by atoms with van der Waals surface area (Å²) in [6, 6.07) is 0. The number of aliphatic carboxylic acids is 1. The second-order valence-electron chi connectivity index (χ2n) is 4.90. The maximum atomic E-state index is 11.3. The van der Waals surface area contributed by atoms with E-state index < -0.39 is 5.97 Å². The largest absolute Gasteiger partial charge is 0.481 e. The van der Waals surface area contributed by atoms with Crippen LogP contribution in [0.5, 0.6) is 0 Å². The van der Waals surface area contributed by atoms with E-state index in [1.165, 1.54) is 0 Å². The highest BCUT2D eigenvalue weighted by Gasteiger charge is 2.01. The van der Waals surface area contributed by atoms with E-state index in [0.717, 1.165) is 32.4 Å². The van der Waals surface area contributed by atoms with Crippen LogP contribution in [0.1, 0.15) is 46.0 Å². The van der Waals surface area contributed by atoms with Crippen LogP contribution < -0.4 is 10.6 Å². The second-order valence-corrected chi connectivity index (χ2v) is 4.90. The molecule has 3 N–H and O–H groups in total. The molecular weight excluding hydrogens is 232 g/mol. The molecule has 0 heterocycles. The van der Waals surface area contributed by atoms with Gasteiger partial charge in [-0.15, -0.1) is 0 Å². The first-order valence-electron chi connectivity index (χ1n) is 6.71. The van der Waals surface area contributed by atoms with Gasteiger partial charge in [0.1, 0.15) is 0 Å². The van der Waals surface area contributed by atoms with Crippen molar-refractivity contribution in [1.29, 1.82) is 0 Å². The lowest BCUT2D eigenvalue weighted by Gasteiger charge is -2.08. The van der Waals surface area contributed by atoms with Crippen molar-refractivity contribution >= 4 is 11.9 Å². The monoisotopic (exact) mass is 258 g/mol. The van der Waals surface area contributed by atoms with Gasteiger partial charge < -0.3 is 15.7 Å². The first kappa shape index (κ1) is 16.9. The summed E-state index contributed by atoms with van der Waals surface area (Å²) in [7, 11) is 0. The van der Waals surface area contributed by atoms with Crippen LogP contribution in [0.3, 0.4) is 0 Å². The average molecular weight is 258 g/mol. The van der Waals surface area contributed by atoms with Crippen LogP contribution in [0.2, 0.25) is 0 Å². The third kappa shape index (κ3) is 13.0. The molecule has 0 fully saturated rings. The Morgan fingerprint density at radius 2 is 1.78 bits per heavy atom. The highest BCUT2D eigenvalue weighted by atomic mass is 16.4. The Labute approximate surface area is 109 Å². The zero-order valence-electron chi connectivity index (χ0n) is 11.5. The molecule has 18 heavy (non-hydrogen) atoms. The van der Waals surface area contributed by atoms with E-state index in [9.17, 15) is 9.59 Å². The van der Waals surface area contributed by atoms with Gasteiger partial charge in [-0.3, -0.25) is 9.59 Å². The summed E-state index contributed by atoms with van der Waals surface area (Å²) >= 11 is 0. The van der Waals surface area contributed by atoms with Crippen LogP contribution in [-0.2, 0) is 9.59 Å². The Hall–Kier alpha value is -1.10. The number of carboxylic acids is 1. The number of hydrogen-bond donors (Lipinski definition) is 3. The van der Waals surface area contributed by atoms with E-state index in [4.69, 9.17) is 5.11 Å². The topological polar surface area (TPSA) is 78.4 Å². The maximum Gasteiger partial charge on any atom is 0.303 e. The molecule has 1 amide bonds. The quantitative estimate of drug-likeness (QED) is 0.489. The van der Waals surface area contributed by atoms with E-state index in [-0.39, 0.29) is 12.3 Å². The van der Waals surface area contributed by atoms with Crippen LogP contribution in [0.25, 0.3) is 0 Å². The van der Waals surface area contributed by atoms with Crippen molar-refractivity contribution < 1.29 is 14.7 Å². The number of nitrogens with one attached hydrogen (secondary N) is 2. The van der Waals surface area contributed by atoms with Gasteiger partial charge in [-0.05, 0) is 25.3 Å². The molecule has 0 aliphatic heterocycles. The van der Waals surface area contributed by atoms with Gasteiger partial charge in [0.2, 0.25) is 5.91 Å². The third-order valence-electron chi connectivity index (χ3n) is 2.48. The minimum atomic E-state index is -0.732. The lowest BCUT2D eigenvalue weighted by Crippen LogP contribution is -2.30. The van der Waals surface area contributed by atoms with Gasteiger partial charge in [-0.1, -0.05) is 20.3 Å². The normalized spacial score (nSPS) is 10.6. The van der Waals surface area contributed by atoms with E-state index in [1.54, 1.807) is 0 Å². The molecule has 5 nitrogen and oxygen atoms in total. The zero-order chi connectivity index (χ0) is 13.8. The van der Waals surface area contributed by atoms with Gasteiger partial charge in [-0.25, -0.2) is 0 Å². The molecule has 0 aromatic rings. The molecule has 0 aliphatic carbocycles. The molecule has 0 aliphatic rings. The van der Waals surface area contributed by atoms with Crippen molar-refractivity contribution in [3.05, 3.63) is 0 Å². The summed E-state index contributed by atoms with van der Waals surface area (Å²) in [5.41, 5.74) is 0. The van der Waals surface area contributed by atoms with E-state index >= 15 is 0 Å². The Morgan fingerprint density at radius 1 is 1.06 bits per heavy atom. The summed E-state index contributed by atoms with van der Waals surface area (Å²) in [6.45, 7) is 6.39. The van der Waals surface area contributed by atoms with Crippen LogP contribution in [-0.4, -0.2) is 36.6 Å².